The van der Waals surface area contributed by atoms with Crippen LogP contribution in [0.1, 0.15) is 67.7 Å². The van der Waals surface area contributed by atoms with Crippen molar-refractivity contribution in [2.75, 3.05) is 16.4 Å². The summed E-state index contributed by atoms with van der Waals surface area (Å²) in [5.41, 5.74) is 12.6. The van der Waals surface area contributed by atoms with E-state index in [0.717, 1.165) is 36.6 Å². The van der Waals surface area contributed by atoms with Crippen molar-refractivity contribution in [1.82, 2.24) is 0 Å². The molecule has 0 bridgehead atoms. The zero-order valence-electron chi connectivity index (χ0n) is 16.8. The van der Waals surface area contributed by atoms with Gasteiger partial charge in [0.05, 0.1) is 17.4 Å². The molecule has 0 radical (unpaired) electrons. The van der Waals surface area contributed by atoms with Crippen LogP contribution in [0.25, 0.3) is 0 Å². The van der Waals surface area contributed by atoms with Crippen molar-refractivity contribution in [2.24, 2.45) is 5.92 Å². The SMILES string of the molecule is Cc1ccc(NC2CCc3cc(NC(=O)CCC4CCCC4)c(N)cc32)cc1. The van der Waals surface area contributed by atoms with E-state index in [4.69, 9.17) is 5.73 Å². The van der Waals surface area contributed by atoms with Crippen molar-refractivity contribution in [3.05, 3.63) is 53.1 Å². The second-order valence-electron chi connectivity index (χ2n) is 8.48. The van der Waals surface area contributed by atoms with Crippen LogP contribution in [0.5, 0.6) is 0 Å². The van der Waals surface area contributed by atoms with Crippen LogP contribution in [0.3, 0.4) is 0 Å². The quantitative estimate of drug-likeness (QED) is 0.575. The first-order valence-electron chi connectivity index (χ1n) is 10.6. The van der Waals surface area contributed by atoms with E-state index in [-0.39, 0.29) is 11.9 Å². The van der Waals surface area contributed by atoms with Crippen LogP contribution in [0.2, 0.25) is 0 Å². The van der Waals surface area contributed by atoms with E-state index in [1.165, 1.54) is 42.4 Å². The van der Waals surface area contributed by atoms with E-state index in [1.54, 1.807) is 0 Å². The highest BCUT2D eigenvalue weighted by molar-refractivity contribution is 5.94. The number of hydrogen-bond acceptors (Lipinski definition) is 3. The van der Waals surface area contributed by atoms with Crippen LogP contribution in [0.4, 0.5) is 17.1 Å². The summed E-state index contributed by atoms with van der Waals surface area (Å²) >= 11 is 0. The van der Waals surface area contributed by atoms with Gasteiger partial charge in [-0.15, -0.1) is 0 Å². The number of carbonyl (C=O) groups is 1. The van der Waals surface area contributed by atoms with Gasteiger partial charge in [0.15, 0.2) is 0 Å². The summed E-state index contributed by atoms with van der Waals surface area (Å²) < 4.78 is 0. The summed E-state index contributed by atoms with van der Waals surface area (Å²) in [7, 11) is 0. The molecule has 2 aliphatic rings. The van der Waals surface area contributed by atoms with Crippen LogP contribution in [-0.2, 0) is 11.2 Å². The Morgan fingerprint density at radius 3 is 2.61 bits per heavy atom. The Bertz CT molecular complexity index is 838. The molecule has 2 aromatic rings. The topological polar surface area (TPSA) is 67.1 Å². The Morgan fingerprint density at radius 1 is 1.11 bits per heavy atom. The fraction of sp³-hybridized carbons (Fsp3) is 0.458. The zero-order chi connectivity index (χ0) is 19.5. The monoisotopic (exact) mass is 377 g/mol. The Labute approximate surface area is 167 Å². The van der Waals surface area contributed by atoms with Gasteiger partial charge < -0.3 is 16.4 Å². The number of fused-ring (bicyclic) bond motifs is 1. The molecule has 1 amide bonds. The number of carbonyl (C=O) groups excluding carboxylic acids is 1. The molecule has 28 heavy (non-hydrogen) atoms. The highest BCUT2D eigenvalue weighted by atomic mass is 16.1. The largest absolute Gasteiger partial charge is 0.397 e. The van der Waals surface area contributed by atoms with Crippen LogP contribution in [0, 0.1) is 12.8 Å². The standard InChI is InChI=1S/C24H31N3O/c1-16-6-10-19(11-7-16)26-22-12-9-18-14-23(21(25)15-20(18)22)27-24(28)13-8-17-4-2-3-5-17/h6-7,10-11,14-15,17,22,26H,2-5,8-9,12-13,25H2,1H3,(H,27,28). The van der Waals surface area contributed by atoms with E-state index >= 15 is 0 Å². The lowest BCUT2D eigenvalue weighted by molar-refractivity contribution is -0.116. The van der Waals surface area contributed by atoms with Gasteiger partial charge in [0.2, 0.25) is 5.91 Å². The first-order valence-corrected chi connectivity index (χ1v) is 10.6. The molecule has 4 heteroatoms. The Balaban J connectivity index is 1.40. The molecule has 2 aromatic carbocycles. The zero-order valence-corrected chi connectivity index (χ0v) is 16.8. The van der Waals surface area contributed by atoms with Crippen molar-refractivity contribution in [1.29, 1.82) is 0 Å². The van der Waals surface area contributed by atoms with Crippen molar-refractivity contribution in [2.45, 2.75) is 64.3 Å². The molecular weight excluding hydrogens is 346 g/mol. The lowest BCUT2D eigenvalue weighted by atomic mass is 10.0. The van der Waals surface area contributed by atoms with Gasteiger partial charge in [-0.05, 0) is 67.5 Å². The molecule has 148 valence electrons. The highest BCUT2D eigenvalue weighted by Crippen LogP contribution is 2.38. The number of nitrogens with two attached hydrogens (primary N) is 1. The Kier molecular flexibility index (Phi) is 5.56. The molecule has 1 atom stereocenters. The third-order valence-electron chi connectivity index (χ3n) is 6.31. The van der Waals surface area contributed by atoms with Crippen LogP contribution >= 0.6 is 0 Å². The number of anilines is 3. The predicted molar refractivity (Wildman–Crippen MR) is 117 cm³/mol. The third-order valence-corrected chi connectivity index (χ3v) is 6.31. The molecule has 0 aliphatic heterocycles. The van der Waals surface area contributed by atoms with E-state index in [2.05, 4.69) is 47.9 Å². The lowest BCUT2D eigenvalue weighted by Crippen LogP contribution is -2.14. The fourth-order valence-electron chi connectivity index (χ4n) is 4.63. The summed E-state index contributed by atoms with van der Waals surface area (Å²) in [6.45, 7) is 2.10. The summed E-state index contributed by atoms with van der Waals surface area (Å²) in [6, 6.07) is 12.9. The number of nitrogen functional groups attached to an aromatic ring is 1. The van der Waals surface area contributed by atoms with E-state index in [1.807, 2.05) is 6.07 Å². The predicted octanol–water partition coefficient (Wildman–Crippen LogP) is 5.59. The van der Waals surface area contributed by atoms with Gasteiger partial charge in [-0.2, -0.15) is 0 Å². The third kappa shape index (κ3) is 4.32. The number of nitrogens with one attached hydrogen (secondary N) is 2. The minimum Gasteiger partial charge on any atom is -0.397 e. The van der Waals surface area contributed by atoms with E-state index in [9.17, 15) is 4.79 Å². The van der Waals surface area contributed by atoms with Gasteiger partial charge in [-0.25, -0.2) is 0 Å². The summed E-state index contributed by atoms with van der Waals surface area (Å²) in [6.07, 6.45) is 8.85. The molecule has 1 fully saturated rings. The molecule has 1 saturated carbocycles. The van der Waals surface area contributed by atoms with Gasteiger partial charge in [-0.3, -0.25) is 4.79 Å². The molecule has 0 saturated heterocycles. The lowest BCUT2D eigenvalue weighted by Gasteiger charge is -2.17. The molecule has 0 spiro atoms. The highest BCUT2D eigenvalue weighted by Gasteiger charge is 2.24. The second kappa shape index (κ2) is 8.26. The minimum absolute atomic E-state index is 0.0888. The smallest absolute Gasteiger partial charge is 0.224 e. The van der Waals surface area contributed by atoms with E-state index < -0.39 is 0 Å². The fourth-order valence-corrected chi connectivity index (χ4v) is 4.63. The summed E-state index contributed by atoms with van der Waals surface area (Å²) in [5.74, 6) is 0.822. The molecule has 1 unspecified atom stereocenters. The Hall–Kier alpha value is -2.49. The normalized spacial score (nSPS) is 18.8. The van der Waals surface area contributed by atoms with Crippen molar-refractivity contribution in [3.8, 4) is 0 Å². The average molecular weight is 378 g/mol. The summed E-state index contributed by atoms with van der Waals surface area (Å²) in [4.78, 5) is 12.4. The number of amides is 1. The molecule has 4 rings (SSSR count). The van der Waals surface area contributed by atoms with E-state index in [0.29, 0.717) is 12.1 Å². The molecule has 2 aliphatic carbocycles. The maximum atomic E-state index is 12.4. The van der Waals surface area contributed by atoms with Crippen LogP contribution in [-0.4, -0.2) is 5.91 Å². The second-order valence-corrected chi connectivity index (χ2v) is 8.48. The molecular formula is C24H31N3O. The number of benzene rings is 2. The molecule has 0 aromatic heterocycles. The first-order chi connectivity index (χ1) is 13.6. The van der Waals surface area contributed by atoms with Crippen LogP contribution in [0.15, 0.2) is 36.4 Å². The first kappa shape index (κ1) is 18.9. The summed E-state index contributed by atoms with van der Waals surface area (Å²) in [5, 5.41) is 6.67. The van der Waals surface area contributed by atoms with Gasteiger partial charge >= 0.3 is 0 Å². The maximum Gasteiger partial charge on any atom is 0.224 e. The molecule has 4 N–H and O–H groups in total. The van der Waals surface area contributed by atoms with Gasteiger partial charge in [0, 0.05) is 12.1 Å². The van der Waals surface area contributed by atoms with Gasteiger partial charge in [-0.1, -0.05) is 43.4 Å². The number of hydrogen-bond donors (Lipinski definition) is 3. The van der Waals surface area contributed by atoms with Crippen LogP contribution < -0.4 is 16.4 Å². The van der Waals surface area contributed by atoms with Gasteiger partial charge in [0.25, 0.3) is 0 Å². The maximum absolute atomic E-state index is 12.4. The Morgan fingerprint density at radius 2 is 1.86 bits per heavy atom. The molecule has 4 nitrogen and oxygen atoms in total. The number of rotatable bonds is 6. The van der Waals surface area contributed by atoms with Crippen molar-refractivity contribution in [3.63, 3.8) is 0 Å². The molecule has 0 heterocycles. The minimum atomic E-state index is 0.0888. The van der Waals surface area contributed by atoms with Crippen molar-refractivity contribution < 1.29 is 4.79 Å². The average Bonchev–Trinajstić information content (AvgIpc) is 3.33. The van der Waals surface area contributed by atoms with Gasteiger partial charge in [0.1, 0.15) is 0 Å². The van der Waals surface area contributed by atoms with Crippen molar-refractivity contribution >= 4 is 23.0 Å². The number of aryl methyl sites for hydroxylation is 2.